The zero-order chi connectivity index (χ0) is 15.8. The summed E-state index contributed by atoms with van der Waals surface area (Å²) in [6, 6.07) is 0.863. The highest BCUT2D eigenvalue weighted by atomic mass is 28.4. The summed E-state index contributed by atoms with van der Waals surface area (Å²) >= 11 is 0. The van der Waals surface area contributed by atoms with Gasteiger partial charge in [0.2, 0.25) is 0 Å². The average molecular weight is 332 g/mol. The van der Waals surface area contributed by atoms with Gasteiger partial charge in [0.05, 0.1) is 12.7 Å². The molecule has 0 spiro atoms. The summed E-state index contributed by atoms with van der Waals surface area (Å²) in [6.45, 7) is 12.4. The molecular formula is C16H33NO4Si. The molecule has 6 heteroatoms. The molecule has 0 N–H and O–H groups in total. The molecule has 2 fully saturated rings. The molecule has 2 aliphatic rings. The van der Waals surface area contributed by atoms with E-state index in [0.717, 1.165) is 31.5 Å². The maximum Gasteiger partial charge on any atom is 0.501 e. The molecule has 0 saturated carbocycles. The van der Waals surface area contributed by atoms with Gasteiger partial charge in [0.25, 0.3) is 0 Å². The van der Waals surface area contributed by atoms with Crippen LogP contribution in [0, 0.1) is 5.92 Å². The molecule has 2 rings (SSSR count). The fourth-order valence-corrected chi connectivity index (χ4v) is 6.00. The van der Waals surface area contributed by atoms with Crippen LogP contribution in [0.2, 0.25) is 6.04 Å². The molecule has 0 aromatic heterocycles. The van der Waals surface area contributed by atoms with Crippen molar-refractivity contribution in [3.05, 3.63) is 0 Å². The summed E-state index contributed by atoms with van der Waals surface area (Å²) < 4.78 is 24.2. The van der Waals surface area contributed by atoms with Crippen LogP contribution in [-0.4, -0.2) is 65.9 Å². The summed E-state index contributed by atoms with van der Waals surface area (Å²) in [7, 11) is -2.53. The molecular weight excluding hydrogens is 298 g/mol. The van der Waals surface area contributed by atoms with E-state index < -0.39 is 8.80 Å². The number of nitrogens with zero attached hydrogens (tertiary/aromatic N) is 1. The minimum Gasteiger partial charge on any atom is -0.379 e. The van der Waals surface area contributed by atoms with Gasteiger partial charge in [0.15, 0.2) is 0 Å². The van der Waals surface area contributed by atoms with Gasteiger partial charge in [-0.15, -0.1) is 0 Å². The molecule has 2 heterocycles. The summed E-state index contributed by atoms with van der Waals surface area (Å²) in [5.74, 6) is 0.853. The Bertz CT molecular complexity index is 305. The first-order valence-corrected chi connectivity index (χ1v) is 10.9. The first kappa shape index (κ1) is 18.4. The molecule has 130 valence electrons. The molecule has 0 aliphatic carbocycles. The Balaban J connectivity index is 1.95. The van der Waals surface area contributed by atoms with Gasteiger partial charge in [-0.05, 0) is 52.1 Å². The number of hydrogen-bond donors (Lipinski definition) is 0. The van der Waals surface area contributed by atoms with Crippen molar-refractivity contribution >= 4 is 8.80 Å². The standard InChI is InChI=1S/C16H33NO4Si/c1-4-19-22(20-5-2)12-6-11-18-14-16(21-22)13-17-9-7-15(3)8-10-17/h15-16H,4-14H2,1-3H3. The van der Waals surface area contributed by atoms with Crippen molar-refractivity contribution in [1.82, 2.24) is 4.90 Å². The summed E-state index contributed by atoms with van der Waals surface area (Å²) in [5, 5.41) is 0. The fourth-order valence-electron chi connectivity index (χ4n) is 3.27. The van der Waals surface area contributed by atoms with Crippen molar-refractivity contribution < 1.29 is 18.0 Å². The van der Waals surface area contributed by atoms with E-state index in [9.17, 15) is 0 Å². The smallest absolute Gasteiger partial charge is 0.379 e. The van der Waals surface area contributed by atoms with Gasteiger partial charge in [-0.3, -0.25) is 0 Å². The third-order valence-electron chi connectivity index (χ3n) is 4.49. The van der Waals surface area contributed by atoms with Gasteiger partial charge < -0.3 is 22.9 Å². The fraction of sp³-hybridized carbons (Fsp3) is 1.00. The molecule has 22 heavy (non-hydrogen) atoms. The van der Waals surface area contributed by atoms with E-state index in [0.29, 0.717) is 19.8 Å². The second-order valence-electron chi connectivity index (χ2n) is 6.45. The van der Waals surface area contributed by atoms with Crippen LogP contribution in [0.4, 0.5) is 0 Å². The molecule has 0 radical (unpaired) electrons. The third kappa shape index (κ3) is 5.58. The maximum absolute atomic E-state index is 6.42. The van der Waals surface area contributed by atoms with Gasteiger partial charge in [0.1, 0.15) is 0 Å². The molecule has 2 saturated heterocycles. The van der Waals surface area contributed by atoms with Crippen LogP contribution >= 0.6 is 0 Å². The van der Waals surface area contributed by atoms with Crippen LogP contribution < -0.4 is 0 Å². The minimum atomic E-state index is -2.53. The monoisotopic (exact) mass is 331 g/mol. The number of ether oxygens (including phenoxy) is 1. The predicted octanol–water partition coefficient (Wildman–Crippen LogP) is 2.54. The van der Waals surface area contributed by atoms with Crippen molar-refractivity contribution in [3.8, 4) is 0 Å². The summed E-state index contributed by atoms with van der Waals surface area (Å²) in [5.41, 5.74) is 0. The largest absolute Gasteiger partial charge is 0.501 e. The molecule has 0 aromatic carbocycles. The topological polar surface area (TPSA) is 40.2 Å². The SMILES string of the molecule is CCO[Si]1(OCC)CCCOCC(CN2CCC(C)CC2)O1. The van der Waals surface area contributed by atoms with Crippen LogP contribution in [0.15, 0.2) is 0 Å². The van der Waals surface area contributed by atoms with Crippen LogP contribution in [-0.2, 0) is 18.0 Å². The molecule has 1 atom stereocenters. The zero-order valence-corrected chi connectivity index (χ0v) is 15.5. The Labute approximate surface area is 136 Å². The zero-order valence-electron chi connectivity index (χ0n) is 14.5. The van der Waals surface area contributed by atoms with Gasteiger partial charge in [0, 0.05) is 32.4 Å². The lowest BCUT2D eigenvalue weighted by Crippen LogP contribution is -2.53. The molecule has 0 bridgehead atoms. The Morgan fingerprint density at radius 1 is 1.14 bits per heavy atom. The van der Waals surface area contributed by atoms with E-state index in [1.807, 2.05) is 13.8 Å². The highest BCUT2D eigenvalue weighted by Crippen LogP contribution is 2.24. The average Bonchev–Trinajstić information content (AvgIpc) is 2.47. The highest BCUT2D eigenvalue weighted by molar-refractivity contribution is 6.60. The van der Waals surface area contributed by atoms with E-state index in [1.54, 1.807) is 0 Å². The van der Waals surface area contributed by atoms with Crippen molar-refractivity contribution in [1.29, 1.82) is 0 Å². The minimum absolute atomic E-state index is 0.0680. The summed E-state index contributed by atoms with van der Waals surface area (Å²) in [6.07, 6.45) is 3.60. The van der Waals surface area contributed by atoms with Gasteiger partial charge in [-0.1, -0.05) is 6.92 Å². The number of piperidine rings is 1. The molecule has 5 nitrogen and oxygen atoms in total. The number of hydrogen-bond acceptors (Lipinski definition) is 5. The van der Waals surface area contributed by atoms with Crippen molar-refractivity contribution in [2.75, 3.05) is 46.1 Å². The molecule has 0 aromatic rings. The first-order valence-electron chi connectivity index (χ1n) is 8.93. The Morgan fingerprint density at radius 2 is 1.82 bits per heavy atom. The number of rotatable bonds is 6. The third-order valence-corrected chi connectivity index (χ3v) is 7.60. The van der Waals surface area contributed by atoms with Crippen molar-refractivity contribution in [3.63, 3.8) is 0 Å². The molecule has 0 amide bonds. The van der Waals surface area contributed by atoms with Crippen LogP contribution in [0.5, 0.6) is 0 Å². The lowest BCUT2D eigenvalue weighted by Gasteiger charge is -2.38. The second kappa shape index (κ2) is 9.35. The Morgan fingerprint density at radius 3 is 2.45 bits per heavy atom. The van der Waals surface area contributed by atoms with Crippen LogP contribution in [0.1, 0.15) is 40.0 Å². The molecule has 2 aliphatic heterocycles. The van der Waals surface area contributed by atoms with Gasteiger partial charge in [-0.25, -0.2) is 0 Å². The van der Waals surface area contributed by atoms with E-state index >= 15 is 0 Å². The second-order valence-corrected chi connectivity index (χ2v) is 9.13. The number of likely N-dealkylation sites (tertiary alicyclic amines) is 1. The van der Waals surface area contributed by atoms with Crippen molar-refractivity contribution in [2.24, 2.45) is 5.92 Å². The highest BCUT2D eigenvalue weighted by Gasteiger charge is 2.43. The normalized spacial score (nSPS) is 28.2. The van der Waals surface area contributed by atoms with Gasteiger partial charge >= 0.3 is 8.80 Å². The molecule has 1 unspecified atom stereocenters. The van der Waals surface area contributed by atoms with E-state index in [2.05, 4.69) is 11.8 Å². The quantitative estimate of drug-likeness (QED) is 0.700. The lowest BCUT2D eigenvalue weighted by atomic mass is 9.99. The van der Waals surface area contributed by atoms with Gasteiger partial charge in [-0.2, -0.15) is 0 Å². The Hall–Kier alpha value is 0.0169. The summed E-state index contributed by atoms with van der Waals surface area (Å²) in [4.78, 5) is 2.51. The van der Waals surface area contributed by atoms with Crippen LogP contribution in [0.3, 0.4) is 0 Å². The maximum atomic E-state index is 6.42. The van der Waals surface area contributed by atoms with E-state index in [1.165, 1.54) is 25.9 Å². The Kier molecular flexibility index (Phi) is 7.80. The lowest BCUT2D eigenvalue weighted by molar-refractivity contribution is -0.0389. The first-order chi connectivity index (χ1) is 10.7. The predicted molar refractivity (Wildman–Crippen MR) is 89.0 cm³/mol. The van der Waals surface area contributed by atoms with E-state index in [4.69, 9.17) is 18.0 Å². The van der Waals surface area contributed by atoms with E-state index in [-0.39, 0.29) is 6.10 Å². The van der Waals surface area contributed by atoms with Crippen LogP contribution in [0.25, 0.3) is 0 Å². The van der Waals surface area contributed by atoms with Crippen molar-refractivity contribution in [2.45, 2.75) is 52.2 Å².